The summed E-state index contributed by atoms with van der Waals surface area (Å²) in [7, 11) is 0. The third kappa shape index (κ3) is 4.85. The van der Waals surface area contributed by atoms with Crippen molar-refractivity contribution >= 4 is 79.6 Å². The van der Waals surface area contributed by atoms with E-state index in [0.29, 0.717) is 6.42 Å². The van der Waals surface area contributed by atoms with Crippen LogP contribution in [0.2, 0.25) is 0 Å². The molecule has 1 aliphatic heterocycles. The van der Waals surface area contributed by atoms with Crippen LogP contribution in [-0.4, -0.2) is 29.9 Å². The first-order chi connectivity index (χ1) is 19.9. The molecule has 1 unspecified atom stereocenters. The SMILES string of the molecule is O=C(CC1CP(I)(c2ccccc2)(c2ccccc2)CCP1(I)(c1ccccc1)c1ccccc1)c1ccccc1. The number of ketones is 1. The zero-order valence-corrected chi connectivity index (χ0v) is 29.0. The molecule has 0 bridgehead atoms. The van der Waals surface area contributed by atoms with Crippen LogP contribution in [-0.2, 0) is 0 Å². The monoisotopic (exact) mass is 798 g/mol. The number of halogens is 2. The molecule has 0 aliphatic carbocycles. The van der Waals surface area contributed by atoms with Gasteiger partial charge in [0.15, 0.2) is 0 Å². The molecule has 0 radical (unpaired) electrons. The molecular formula is C36H34I2OP2. The molecule has 6 rings (SSSR count). The third-order valence-corrected chi connectivity index (χ3v) is 34.1. The first kappa shape index (κ1) is 29.2. The van der Waals surface area contributed by atoms with Crippen molar-refractivity contribution in [3.05, 3.63) is 157 Å². The van der Waals surface area contributed by atoms with E-state index in [4.69, 9.17) is 0 Å². The Kier molecular flexibility index (Phi) is 8.04. The van der Waals surface area contributed by atoms with Crippen LogP contribution in [0.5, 0.6) is 0 Å². The van der Waals surface area contributed by atoms with E-state index in [-0.39, 0.29) is 11.4 Å². The van der Waals surface area contributed by atoms with Crippen molar-refractivity contribution in [1.82, 2.24) is 0 Å². The Labute approximate surface area is 270 Å². The molecule has 0 amide bonds. The average Bonchev–Trinajstić information content (AvgIpc) is 3.05. The Bertz CT molecular complexity index is 1570. The fourth-order valence-electron chi connectivity index (χ4n) is 6.99. The van der Waals surface area contributed by atoms with Crippen LogP contribution in [0.15, 0.2) is 152 Å². The number of hydrogen-bond donors (Lipinski definition) is 0. The summed E-state index contributed by atoms with van der Waals surface area (Å²) in [6.07, 6.45) is 3.72. The van der Waals surface area contributed by atoms with Gasteiger partial charge in [0.05, 0.1) is 0 Å². The molecule has 1 saturated heterocycles. The van der Waals surface area contributed by atoms with E-state index < -0.39 is 8.49 Å². The molecule has 1 aliphatic rings. The van der Waals surface area contributed by atoms with Crippen molar-refractivity contribution in [3.8, 4) is 0 Å². The summed E-state index contributed by atoms with van der Waals surface area (Å²) in [5.41, 5.74) is 0.997. The molecule has 5 heteroatoms. The van der Waals surface area contributed by atoms with Crippen molar-refractivity contribution in [2.24, 2.45) is 0 Å². The van der Waals surface area contributed by atoms with Gasteiger partial charge in [-0.3, -0.25) is 0 Å². The van der Waals surface area contributed by atoms with E-state index in [0.717, 1.165) is 24.0 Å². The van der Waals surface area contributed by atoms with Gasteiger partial charge in [-0.15, -0.1) is 0 Å². The predicted octanol–water partition coefficient (Wildman–Crippen LogP) is 8.75. The van der Waals surface area contributed by atoms with Crippen molar-refractivity contribution in [2.75, 3.05) is 18.5 Å². The van der Waals surface area contributed by atoms with E-state index in [1.165, 1.54) is 21.2 Å². The average molecular weight is 798 g/mol. The summed E-state index contributed by atoms with van der Waals surface area (Å²) < 4.78 is -5.65. The van der Waals surface area contributed by atoms with Gasteiger partial charge < -0.3 is 0 Å². The zero-order chi connectivity index (χ0) is 28.4. The summed E-state index contributed by atoms with van der Waals surface area (Å²) in [6.45, 7) is 0. The molecule has 1 heterocycles. The van der Waals surface area contributed by atoms with Crippen LogP contribution < -0.4 is 21.2 Å². The first-order valence-corrected chi connectivity index (χ1v) is 24.8. The van der Waals surface area contributed by atoms with Gasteiger partial charge in [0.25, 0.3) is 0 Å². The number of carbonyl (C=O) groups is 1. The molecule has 1 atom stereocenters. The number of carbonyl (C=O) groups excluding carboxylic acids is 1. The standard InChI is InChI=1S/C36H34I2OP2/c37-40(31-18-8-2-9-19-31,32-20-10-3-11-21-32)26-27-41(38,33-22-12-4-13-23-33,34-24-14-5-15-25-34)35(29-40)28-36(39)30-16-6-1-7-17-30/h1-25,35H,26-29H2. The third-order valence-electron chi connectivity index (χ3n) is 9.20. The predicted molar refractivity (Wildman–Crippen MR) is 200 cm³/mol. The fraction of sp³-hybridized carbons (Fsp3) is 0.139. The Hall–Kier alpha value is -1.91. The summed E-state index contributed by atoms with van der Waals surface area (Å²) in [5, 5.41) is 5.73. The molecule has 0 saturated carbocycles. The molecule has 208 valence electrons. The van der Waals surface area contributed by atoms with Gasteiger partial charge in [0.1, 0.15) is 0 Å². The van der Waals surface area contributed by atoms with Gasteiger partial charge in [-0.05, 0) is 0 Å². The summed E-state index contributed by atoms with van der Waals surface area (Å²) in [5.74, 6) is 0.248. The number of benzene rings is 5. The second-order valence-electron chi connectivity index (χ2n) is 11.3. The second kappa shape index (κ2) is 11.3. The maximum absolute atomic E-state index is 14.2. The normalized spacial score (nSPS) is 22.1. The van der Waals surface area contributed by atoms with Gasteiger partial charge in [0.2, 0.25) is 0 Å². The van der Waals surface area contributed by atoms with E-state index in [1.54, 1.807) is 0 Å². The van der Waals surface area contributed by atoms with Crippen molar-refractivity contribution < 1.29 is 4.79 Å². The van der Waals surface area contributed by atoms with Gasteiger partial charge in [-0.25, -0.2) is 0 Å². The van der Waals surface area contributed by atoms with E-state index in [1.807, 2.05) is 30.3 Å². The maximum atomic E-state index is 14.2. The zero-order valence-electron chi connectivity index (χ0n) is 22.9. The molecule has 5 aromatic carbocycles. The van der Waals surface area contributed by atoms with E-state index in [2.05, 4.69) is 165 Å². The molecule has 5 aromatic rings. The van der Waals surface area contributed by atoms with Crippen molar-refractivity contribution in [2.45, 2.75) is 12.1 Å². The van der Waals surface area contributed by atoms with Crippen LogP contribution in [0.4, 0.5) is 0 Å². The molecule has 0 N–H and O–H groups in total. The minimum absolute atomic E-state index is 0.183. The molecule has 0 spiro atoms. The second-order valence-corrected chi connectivity index (χ2v) is 34.2. The number of Topliss-reactive ketones (excluding diaryl/α,β-unsaturated/α-hetero) is 1. The molecular weight excluding hydrogens is 764 g/mol. The van der Waals surface area contributed by atoms with Gasteiger partial charge in [-0.2, -0.15) is 0 Å². The van der Waals surface area contributed by atoms with Crippen LogP contribution in [0.25, 0.3) is 0 Å². The Morgan fingerprint density at radius 3 is 1.32 bits per heavy atom. The quantitative estimate of drug-likeness (QED) is 0.0916. The fourth-order valence-corrected chi connectivity index (χ4v) is 33.3. The first-order valence-electron chi connectivity index (χ1n) is 14.1. The Morgan fingerprint density at radius 2 is 0.902 bits per heavy atom. The van der Waals surface area contributed by atoms with Crippen molar-refractivity contribution in [1.29, 1.82) is 0 Å². The van der Waals surface area contributed by atoms with Crippen LogP contribution in [0.1, 0.15) is 16.8 Å². The minimum atomic E-state index is -2.91. The summed E-state index contributed by atoms with van der Waals surface area (Å²) in [4.78, 5) is 14.2. The molecule has 41 heavy (non-hydrogen) atoms. The van der Waals surface area contributed by atoms with E-state index >= 15 is 0 Å². The Morgan fingerprint density at radius 1 is 0.537 bits per heavy atom. The summed E-state index contributed by atoms with van der Waals surface area (Å²) >= 11 is 5.86. The summed E-state index contributed by atoms with van der Waals surface area (Å²) in [6, 6.07) is 54.7. The molecule has 0 aromatic heterocycles. The number of rotatable bonds is 7. The molecule has 1 fully saturated rings. The Balaban J connectivity index is 1.63. The topological polar surface area (TPSA) is 17.1 Å². The number of hydrogen-bond acceptors (Lipinski definition) is 1. The van der Waals surface area contributed by atoms with Gasteiger partial charge in [-0.1, -0.05) is 0 Å². The van der Waals surface area contributed by atoms with Crippen LogP contribution in [0, 0.1) is 0 Å². The van der Waals surface area contributed by atoms with Gasteiger partial charge in [0, 0.05) is 0 Å². The van der Waals surface area contributed by atoms with E-state index in [9.17, 15) is 4.79 Å². The van der Waals surface area contributed by atoms with Crippen LogP contribution >= 0.6 is 52.6 Å². The van der Waals surface area contributed by atoms with Gasteiger partial charge >= 0.3 is 272 Å². The van der Waals surface area contributed by atoms with Crippen LogP contribution in [0.3, 0.4) is 0 Å². The van der Waals surface area contributed by atoms with Crippen molar-refractivity contribution in [3.63, 3.8) is 0 Å². The molecule has 1 nitrogen and oxygen atoms in total.